The number of hydrogen-bond acceptors (Lipinski definition) is 4. The zero-order chi connectivity index (χ0) is 19.2. The largest absolute Gasteiger partial charge is 0.497 e. The predicted octanol–water partition coefficient (Wildman–Crippen LogP) is 2.32. The van der Waals surface area contributed by atoms with Gasteiger partial charge >= 0.3 is 0 Å². The molecule has 1 aromatic carbocycles. The summed E-state index contributed by atoms with van der Waals surface area (Å²) in [7, 11) is 7.36. The first-order chi connectivity index (χ1) is 12.6. The van der Waals surface area contributed by atoms with E-state index in [1.54, 1.807) is 14.2 Å². The Morgan fingerprint density at radius 2 is 1.81 bits per heavy atom. The summed E-state index contributed by atoms with van der Waals surface area (Å²) in [5.41, 5.74) is 1.33. The summed E-state index contributed by atoms with van der Waals surface area (Å²) in [6.07, 6.45) is 2.12. The van der Waals surface area contributed by atoms with Crippen LogP contribution in [0, 0.1) is 0 Å². The van der Waals surface area contributed by atoms with Crippen LogP contribution in [0.2, 0.25) is 0 Å². The van der Waals surface area contributed by atoms with E-state index in [0.717, 1.165) is 57.3 Å². The Labute approximate surface area is 159 Å². The van der Waals surface area contributed by atoms with Crippen LogP contribution < -0.4 is 15.4 Å². The van der Waals surface area contributed by atoms with Crippen LogP contribution in [0.4, 0.5) is 0 Å². The molecule has 1 unspecified atom stereocenters. The Morgan fingerprint density at radius 1 is 1.12 bits per heavy atom. The number of nitrogens with one attached hydrogen (secondary N) is 2. The van der Waals surface area contributed by atoms with E-state index in [0.29, 0.717) is 5.92 Å². The molecule has 0 aliphatic carbocycles. The van der Waals surface area contributed by atoms with Gasteiger partial charge in [0.05, 0.1) is 13.7 Å². The first kappa shape index (κ1) is 22.3. The smallest absolute Gasteiger partial charge is 0.190 e. The highest BCUT2D eigenvalue weighted by Crippen LogP contribution is 2.21. The minimum atomic E-state index is 0.487. The highest BCUT2D eigenvalue weighted by molar-refractivity contribution is 5.79. The maximum absolute atomic E-state index is 5.21. The van der Waals surface area contributed by atoms with Gasteiger partial charge in [0, 0.05) is 33.8 Å². The van der Waals surface area contributed by atoms with E-state index in [9.17, 15) is 0 Å². The van der Waals surface area contributed by atoms with Gasteiger partial charge < -0.3 is 25.0 Å². The van der Waals surface area contributed by atoms with Gasteiger partial charge in [0.15, 0.2) is 5.96 Å². The summed E-state index contributed by atoms with van der Waals surface area (Å²) in [6.45, 7) is 6.83. The van der Waals surface area contributed by atoms with Crippen LogP contribution in [0.3, 0.4) is 0 Å². The van der Waals surface area contributed by atoms with Gasteiger partial charge in [0.1, 0.15) is 5.75 Å². The van der Waals surface area contributed by atoms with Crippen molar-refractivity contribution in [2.75, 3.05) is 61.1 Å². The molecule has 1 rings (SSSR count). The van der Waals surface area contributed by atoms with Crippen LogP contribution in [0.25, 0.3) is 0 Å². The number of rotatable bonds is 12. The summed E-state index contributed by atoms with van der Waals surface area (Å²) in [6, 6.07) is 8.31. The zero-order valence-corrected chi connectivity index (χ0v) is 17.0. The summed E-state index contributed by atoms with van der Waals surface area (Å²) >= 11 is 0. The first-order valence-electron chi connectivity index (χ1n) is 9.36. The van der Waals surface area contributed by atoms with Gasteiger partial charge in [-0.25, -0.2) is 0 Å². The number of aliphatic imine (C=N–C) groups is 1. The van der Waals surface area contributed by atoms with Crippen LogP contribution in [-0.4, -0.2) is 72.0 Å². The second-order valence-corrected chi connectivity index (χ2v) is 6.54. The third-order valence-corrected chi connectivity index (χ3v) is 4.46. The zero-order valence-electron chi connectivity index (χ0n) is 17.0. The van der Waals surface area contributed by atoms with Crippen LogP contribution in [0.1, 0.15) is 31.2 Å². The Balaban J connectivity index is 2.20. The van der Waals surface area contributed by atoms with Crippen LogP contribution >= 0.6 is 0 Å². The molecule has 0 amide bonds. The number of methoxy groups -OCH3 is 2. The number of benzene rings is 1. The minimum Gasteiger partial charge on any atom is -0.497 e. The van der Waals surface area contributed by atoms with Gasteiger partial charge in [-0.3, -0.25) is 4.99 Å². The number of likely N-dealkylation sites (N-methyl/N-ethyl adjacent to an activating group) is 1. The summed E-state index contributed by atoms with van der Waals surface area (Å²) < 4.78 is 10.3. The number of hydrogen-bond donors (Lipinski definition) is 2. The van der Waals surface area contributed by atoms with Crippen molar-refractivity contribution in [3.8, 4) is 5.75 Å². The van der Waals surface area contributed by atoms with Crippen LogP contribution in [0.5, 0.6) is 5.75 Å². The molecule has 0 aliphatic rings. The SMILES string of the molecule is CN=C(NCCCN(C)CCOC)NCCC(C)c1ccc(OC)cc1. The molecule has 0 heterocycles. The fourth-order valence-corrected chi connectivity index (χ4v) is 2.64. The summed E-state index contributed by atoms with van der Waals surface area (Å²) in [4.78, 5) is 6.57. The van der Waals surface area contributed by atoms with Gasteiger partial charge in [0.25, 0.3) is 0 Å². The lowest BCUT2D eigenvalue weighted by Gasteiger charge is -2.17. The van der Waals surface area contributed by atoms with E-state index >= 15 is 0 Å². The molecule has 0 spiro atoms. The highest BCUT2D eigenvalue weighted by atomic mass is 16.5. The quantitative estimate of drug-likeness (QED) is 0.339. The highest BCUT2D eigenvalue weighted by Gasteiger charge is 2.06. The third-order valence-electron chi connectivity index (χ3n) is 4.46. The van der Waals surface area contributed by atoms with Crippen molar-refractivity contribution in [2.45, 2.75) is 25.7 Å². The van der Waals surface area contributed by atoms with Crippen molar-refractivity contribution in [3.63, 3.8) is 0 Å². The molecule has 2 N–H and O–H groups in total. The van der Waals surface area contributed by atoms with Crippen molar-refractivity contribution < 1.29 is 9.47 Å². The number of ether oxygens (including phenoxy) is 2. The molecule has 1 atom stereocenters. The molecular formula is C20H36N4O2. The van der Waals surface area contributed by atoms with Crippen molar-refractivity contribution in [3.05, 3.63) is 29.8 Å². The fraction of sp³-hybridized carbons (Fsp3) is 0.650. The van der Waals surface area contributed by atoms with Gasteiger partial charge in [-0.05, 0) is 50.0 Å². The fourth-order valence-electron chi connectivity index (χ4n) is 2.64. The molecule has 0 aliphatic heterocycles. The average molecular weight is 365 g/mol. The van der Waals surface area contributed by atoms with Crippen LogP contribution in [-0.2, 0) is 4.74 Å². The summed E-state index contributed by atoms with van der Waals surface area (Å²) in [5.74, 6) is 2.25. The minimum absolute atomic E-state index is 0.487. The molecule has 6 nitrogen and oxygen atoms in total. The molecular weight excluding hydrogens is 328 g/mol. The van der Waals surface area contributed by atoms with Crippen LogP contribution in [0.15, 0.2) is 29.3 Å². The lowest BCUT2D eigenvalue weighted by atomic mass is 9.98. The molecule has 0 fully saturated rings. The Bertz CT molecular complexity index is 505. The second-order valence-electron chi connectivity index (χ2n) is 6.54. The monoisotopic (exact) mass is 364 g/mol. The van der Waals surface area contributed by atoms with Crippen molar-refractivity contribution >= 4 is 5.96 Å². The molecule has 0 radical (unpaired) electrons. The average Bonchev–Trinajstić information content (AvgIpc) is 2.68. The van der Waals surface area contributed by atoms with E-state index < -0.39 is 0 Å². The molecule has 0 aromatic heterocycles. The van der Waals surface area contributed by atoms with Crippen molar-refractivity contribution in [1.82, 2.24) is 15.5 Å². The number of nitrogens with zero attached hydrogens (tertiary/aromatic N) is 2. The normalized spacial score (nSPS) is 12.9. The molecule has 6 heteroatoms. The van der Waals surface area contributed by atoms with Gasteiger partial charge in [0.2, 0.25) is 0 Å². The molecule has 0 bridgehead atoms. The Morgan fingerprint density at radius 3 is 2.42 bits per heavy atom. The van der Waals surface area contributed by atoms with E-state index in [1.807, 2.05) is 19.2 Å². The van der Waals surface area contributed by atoms with Gasteiger partial charge in [-0.1, -0.05) is 19.1 Å². The van der Waals surface area contributed by atoms with E-state index in [2.05, 4.69) is 46.6 Å². The molecule has 1 aromatic rings. The van der Waals surface area contributed by atoms with Crippen molar-refractivity contribution in [1.29, 1.82) is 0 Å². The van der Waals surface area contributed by atoms with Gasteiger partial charge in [-0.15, -0.1) is 0 Å². The van der Waals surface area contributed by atoms with E-state index in [1.165, 1.54) is 5.56 Å². The topological polar surface area (TPSA) is 58.1 Å². The lowest BCUT2D eigenvalue weighted by molar-refractivity contribution is 0.161. The lowest BCUT2D eigenvalue weighted by Crippen LogP contribution is -2.39. The Hall–Kier alpha value is -1.79. The molecule has 148 valence electrons. The van der Waals surface area contributed by atoms with E-state index in [-0.39, 0.29) is 0 Å². The van der Waals surface area contributed by atoms with Gasteiger partial charge in [-0.2, -0.15) is 0 Å². The third kappa shape index (κ3) is 9.06. The molecule has 0 saturated carbocycles. The maximum atomic E-state index is 5.21. The summed E-state index contributed by atoms with van der Waals surface area (Å²) in [5, 5.41) is 6.77. The predicted molar refractivity (Wildman–Crippen MR) is 109 cm³/mol. The first-order valence-corrected chi connectivity index (χ1v) is 9.36. The van der Waals surface area contributed by atoms with E-state index in [4.69, 9.17) is 9.47 Å². The molecule has 26 heavy (non-hydrogen) atoms. The second kappa shape index (κ2) is 13.4. The van der Waals surface area contributed by atoms with Crippen molar-refractivity contribution in [2.24, 2.45) is 4.99 Å². The Kier molecular flexibility index (Phi) is 11.5. The molecule has 0 saturated heterocycles. The number of guanidine groups is 1. The standard InChI is InChI=1S/C20H36N4O2/c1-17(18-7-9-19(26-5)10-8-18)11-13-23-20(21-2)22-12-6-14-24(3)15-16-25-4/h7-10,17H,6,11-16H2,1-5H3,(H2,21,22,23). The maximum Gasteiger partial charge on any atom is 0.190 e.